The first-order valence-electron chi connectivity index (χ1n) is 8.15. The molecule has 0 spiro atoms. The number of nitrogens with one attached hydrogen (secondary N) is 1. The van der Waals surface area contributed by atoms with Gasteiger partial charge in [-0.05, 0) is 51.0 Å². The topological polar surface area (TPSA) is 84.7 Å². The fourth-order valence-electron chi connectivity index (χ4n) is 2.88. The van der Waals surface area contributed by atoms with Crippen LogP contribution in [0, 0.1) is 11.7 Å². The summed E-state index contributed by atoms with van der Waals surface area (Å²) < 4.78 is 18.9. The van der Waals surface area contributed by atoms with E-state index in [-0.39, 0.29) is 23.1 Å². The van der Waals surface area contributed by atoms with E-state index >= 15 is 0 Å². The average molecular weight is 337 g/mol. The Hall–Kier alpha value is -2.15. The Kier molecular flexibility index (Phi) is 6.54. The molecule has 0 unspecified atom stereocenters. The summed E-state index contributed by atoms with van der Waals surface area (Å²) in [7, 11) is 1.36. The van der Waals surface area contributed by atoms with Crippen LogP contribution in [0.4, 0.5) is 4.39 Å². The Morgan fingerprint density at radius 1 is 1.38 bits per heavy atom. The highest BCUT2D eigenvalue weighted by Gasteiger charge is 2.22. The molecule has 132 valence electrons. The maximum absolute atomic E-state index is 14.0. The summed E-state index contributed by atoms with van der Waals surface area (Å²) in [6, 6.07) is 4.49. The zero-order chi connectivity index (χ0) is 17.5. The van der Waals surface area contributed by atoms with Crippen molar-refractivity contribution >= 4 is 11.8 Å². The summed E-state index contributed by atoms with van der Waals surface area (Å²) in [6.07, 6.45) is 2.34. The Bertz CT molecular complexity index is 586. The number of likely N-dealkylation sites (tertiary alicyclic amines) is 1. The van der Waals surface area contributed by atoms with Crippen LogP contribution in [0.3, 0.4) is 0 Å². The van der Waals surface area contributed by atoms with E-state index in [1.165, 1.54) is 19.2 Å². The van der Waals surface area contributed by atoms with Crippen molar-refractivity contribution in [2.24, 2.45) is 11.7 Å². The maximum Gasteiger partial charge on any atom is 0.254 e. The van der Waals surface area contributed by atoms with Gasteiger partial charge in [0.2, 0.25) is 5.91 Å². The molecule has 1 heterocycles. The molecule has 1 aromatic rings. The molecule has 2 rings (SSSR count). The number of primary amides is 1. The first-order valence-corrected chi connectivity index (χ1v) is 8.15. The number of amides is 2. The molecule has 2 amide bonds. The van der Waals surface area contributed by atoms with Crippen molar-refractivity contribution in [3.8, 4) is 5.75 Å². The number of rotatable bonds is 7. The number of carbonyl (C=O) groups is 2. The molecule has 0 aliphatic carbocycles. The third kappa shape index (κ3) is 4.67. The molecule has 7 heteroatoms. The van der Waals surface area contributed by atoms with Gasteiger partial charge < -0.3 is 20.7 Å². The van der Waals surface area contributed by atoms with E-state index in [2.05, 4.69) is 10.2 Å². The largest absolute Gasteiger partial charge is 0.494 e. The number of hydrogen-bond acceptors (Lipinski definition) is 4. The minimum Gasteiger partial charge on any atom is -0.494 e. The first kappa shape index (κ1) is 18.2. The van der Waals surface area contributed by atoms with Crippen molar-refractivity contribution in [1.29, 1.82) is 0 Å². The molecule has 0 aromatic heterocycles. The second-order valence-corrected chi connectivity index (χ2v) is 5.95. The highest BCUT2D eigenvalue weighted by molar-refractivity contribution is 5.94. The van der Waals surface area contributed by atoms with Crippen molar-refractivity contribution in [2.45, 2.75) is 19.3 Å². The van der Waals surface area contributed by atoms with Crippen molar-refractivity contribution in [2.75, 3.05) is 33.3 Å². The van der Waals surface area contributed by atoms with Gasteiger partial charge in [-0.25, -0.2) is 4.39 Å². The minimum atomic E-state index is -0.647. The molecule has 1 fully saturated rings. The van der Waals surface area contributed by atoms with Gasteiger partial charge in [-0.2, -0.15) is 0 Å². The van der Waals surface area contributed by atoms with Crippen LogP contribution >= 0.6 is 0 Å². The molecule has 3 N–H and O–H groups in total. The lowest BCUT2D eigenvalue weighted by Gasteiger charge is -2.30. The Morgan fingerprint density at radius 3 is 2.71 bits per heavy atom. The van der Waals surface area contributed by atoms with Crippen LogP contribution in [-0.2, 0) is 4.79 Å². The molecule has 1 aliphatic rings. The number of carbonyl (C=O) groups excluding carboxylic acids is 2. The summed E-state index contributed by atoms with van der Waals surface area (Å²) in [5.74, 6) is -1.27. The molecule has 1 saturated heterocycles. The number of nitrogens with zero attached hydrogens (tertiary/aromatic N) is 1. The number of halogens is 1. The lowest BCUT2D eigenvalue weighted by Crippen LogP contribution is -2.39. The second-order valence-electron chi connectivity index (χ2n) is 5.95. The highest BCUT2D eigenvalue weighted by atomic mass is 19.1. The van der Waals surface area contributed by atoms with Gasteiger partial charge in [0.05, 0.1) is 12.7 Å². The first-order chi connectivity index (χ1) is 11.5. The summed E-state index contributed by atoms with van der Waals surface area (Å²) in [6.45, 7) is 2.97. The Labute approximate surface area is 141 Å². The van der Waals surface area contributed by atoms with E-state index in [9.17, 15) is 14.0 Å². The van der Waals surface area contributed by atoms with Crippen molar-refractivity contribution in [1.82, 2.24) is 10.2 Å². The highest BCUT2D eigenvalue weighted by Crippen LogP contribution is 2.20. The summed E-state index contributed by atoms with van der Waals surface area (Å²) in [4.78, 5) is 25.4. The van der Waals surface area contributed by atoms with Crippen molar-refractivity contribution in [3.63, 3.8) is 0 Å². The van der Waals surface area contributed by atoms with Crippen LogP contribution in [0.1, 0.15) is 29.6 Å². The zero-order valence-electron chi connectivity index (χ0n) is 13.9. The molecule has 1 aromatic carbocycles. The second kappa shape index (κ2) is 8.63. The van der Waals surface area contributed by atoms with E-state index in [0.29, 0.717) is 6.54 Å². The van der Waals surface area contributed by atoms with E-state index in [1.807, 2.05) is 0 Å². The fourth-order valence-corrected chi connectivity index (χ4v) is 2.88. The molecule has 0 radical (unpaired) electrons. The van der Waals surface area contributed by atoms with Crippen LogP contribution in [0.5, 0.6) is 5.75 Å². The number of hydrogen-bond donors (Lipinski definition) is 2. The minimum absolute atomic E-state index is 0.0167. The maximum atomic E-state index is 14.0. The molecule has 0 bridgehead atoms. The molecule has 24 heavy (non-hydrogen) atoms. The van der Waals surface area contributed by atoms with Gasteiger partial charge in [0, 0.05) is 12.5 Å². The van der Waals surface area contributed by atoms with Gasteiger partial charge in [-0.3, -0.25) is 9.59 Å². The SMILES string of the molecule is COc1cccc(C(=O)NCCCN2CCC(C(N)=O)CC2)c1F. The monoisotopic (exact) mass is 337 g/mol. The van der Waals surface area contributed by atoms with E-state index < -0.39 is 11.7 Å². The third-order valence-electron chi connectivity index (χ3n) is 4.35. The Morgan fingerprint density at radius 2 is 2.08 bits per heavy atom. The predicted octanol–water partition coefficient (Wildman–Crippen LogP) is 1.15. The quantitative estimate of drug-likeness (QED) is 0.731. The summed E-state index contributed by atoms with van der Waals surface area (Å²) in [5.41, 5.74) is 5.29. The lowest BCUT2D eigenvalue weighted by atomic mass is 9.96. The zero-order valence-corrected chi connectivity index (χ0v) is 13.9. The molecule has 0 atom stereocenters. The average Bonchev–Trinajstić information content (AvgIpc) is 2.59. The molecular formula is C17H24FN3O3. The van der Waals surface area contributed by atoms with Gasteiger partial charge in [0.25, 0.3) is 5.91 Å². The van der Waals surface area contributed by atoms with Gasteiger partial charge in [0.15, 0.2) is 11.6 Å². The van der Waals surface area contributed by atoms with Crippen LogP contribution in [0.2, 0.25) is 0 Å². The number of nitrogens with two attached hydrogens (primary N) is 1. The molecule has 6 nitrogen and oxygen atoms in total. The number of piperidine rings is 1. The smallest absolute Gasteiger partial charge is 0.254 e. The predicted molar refractivity (Wildman–Crippen MR) is 88.3 cm³/mol. The van der Waals surface area contributed by atoms with Crippen LogP contribution in [0.15, 0.2) is 18.2 Å². The number of benzene rings is 1. The van der Waals surface area contributed by atoms with Gasteiger partial charge >= 0.3 is 0 Å². The van der Waals surface area contributed by atoms with E-state index in [1.54, 1.807) is 6.07 Å². The summed E-state index contributed by atoms with van der Waals surface area (Å²) >= 11 is 0. The fraction of sp³-hybridized carbons (Fsp3) is 0.529. The standard InChI is InChI=1S/C17H24FN3O3/c1-24-14-5-2-4-13(15(14)18)17(23)20-8-3-9-21-10-6-12(7-11-21)16(19)22/h2,4-5,12H,3,6-11H2,1H3,(H2,19,22)(H,20,23). The third-order valence-corrected chi connectivity index (χ3v) is 4.35. The number of ether oxygens (including phenoxy) is 1. The van der Waals surface area contributed by atoms with Gasteiger partial charge in [-0.15, -0.1) is 0 Å². The summed E-state index contributed by atoms with van der Waals surface area (Å²) in [5, 5.41) is 2.72. The van der Waals surface area contributed by atoms with Gasteiger partial charge in [0.1, 0.15) is 0 Å². The van der Waals surface area contributed by atoms with Crippen LogP contribution in [-0.4, -0.2) is 50.0 Å². The molecule has 0 saturated carbocycles. The lowest BCUT2D eigenvalue weighted by molar-refractivity contribution is -0.123. The van der Waals surface area contributed by atoms with Gasteiger partial charge in [-0.1, -0.05) is 6.07 Å². The van der Waals surface area contributed by atoms with Crippen molar-refractivity contribution < 1.29 is 18.7 Å². The van der Waals surface area contributed by atoms with E-state index in [0.717, 1.165) is 38.9 Å². The Balaban J connectivity index is 1.71. The van der Waals surface area contributed by atoms with Crippen molar-refractivity contribution in [3.05, 3.63) is 29.6 Å². The normalized spacial score (nSPS) is 15.9. The van der Waals surface area contributed by atoms with Crippen LogP contribution in [0.25, 0.3) is 0 Å². The van der Waals surface area contributed by atoms with Crippen LogP contribution < -0.4 is 15.8 Å². The molecule has 1 aliphatic heterocycles. The molecular weight excluding hydrogens is 313 g/mol. The van der Waals surface area contributed by atoms with E-state index in [4.69, 9.17) is 10.5 Å². The number of methoxy groups -OCH3 is 1.